The third kappa shape index (κ3) is 1.67. The molecule has 18 heavy (non-hydrogen) atoms. The number of benzene rings is 1. The summed E-state index contributed by atoms with van der Waals surface area (Å²) >= 11 is 11.2. The van der Waals surface area contributed by atoms with Gasteiger partial charge in [0.1, 0.15) is 5.75 Å². The third-order valence-corrected chi connectivity index (χ3v) is 4.53. The Hall–Kier alpha value is -1.00. The Bertz CT molecular complexity index is 522. The molecule has 2 heterocycles. The Balaban J connectivity index is 2.08. The van der Waals surface area contributed by atoms with Gasteiger partial charge in [-0.3, -0.25) is 0 Å². The van der Waals surface area contributed by atoms with Crippen molar-refractivity contribution in [1.82, 2.24) is 10.2 Å². The van der Waals surface area contributed by atoms with Crippen molar-refractivity contribution in [2.24, 2.45) is 0 Å². The van der Waals surface area contributed by atoms with Crippen LogP contribution < -0.4 is 10.1 Å². The molecular formula is C13H15ClN2OS. The van der Waals surface area contributed by atoms with E-state index < -0.39 is 0 Å². The van der Waals surface area contributed by atoms with Crippen LogP contribution in [0.4, 0.5) is 0 Å². The molecule has 2 unspecified atom stereocenters. The zero-order chi connectivity index (χ0) is 12.9. The van der Waals surface area contributed by atoms with E-state index in [2.05, 4.69) is 18.3 Å². The van der Waals surface area contributed by atoms with Gasteiger partial charge in [0.25, 0.3) is 0 Å². The molecule has 1 fully saturated rings. The number of nitrogens with one attached hydrogen (secondary N) is 1. The monoisotopic (exact) mass is 282 g/mol. The quantitative estimate of drug-likeness (QED) is 0.632. The fourth-order valence-electron chi connectivity index (χ4n) is 2.61. The van der Waals surface area contributed by atoms with E-state index in [-0.39, 0.29) is 11.8 Å². The standard InChI is InChI=1S/C13H15ClN2OS/c1-13-6-10(15-12(18)16(13)2)9-5-8(7-14)3-4-11(9)17-13/h3-5,10H,6-7H2,1-2H3,(H,15,18). The molecule has 0 aliphatic carbocycles. The molecule has 2 aliphatic heterocycles. The van der Waals surface area contributed by atoms with Crippen LogP contribution in [0.5, 0.6) is 5.75 Å². The summed E-state index contributed by atoms with van der Waals surface area (Å²) in [6, 6.07) is 6.33. The number of thiocarbonyl (C=S) groups is 1. The van der Waals surface area contributed by atoms with Crippen LogP contribution in [0.15, 0.2) is 18.2 Å². The van der Waals surface area contributed by atoms with Gasteiger partial charge in [0.2, 0.25) is 0 Å². The first-order chi connectivity index (χ1) is 8.53. The molecule has 1 N–H and O–H groups in total. The molecule has 5 heteroatoms. The van der Waals surface area contributed by atoms with E-state index >= 15 is 0 Å². The summed E-state index contributed by atoms with van der Waals surface area (Å²) in [7, 11) is 1.96. The molecule has 3 rings (SSSR count). The molecule has 0 aromatic heterocycles. The largest absolute Gasteiger partial charge is 0.468 e. The third-order valence-electron chi connectivity index (χ3n) is 3.83. The first-order valence-corrected chi connectivity index (χ1v) is 6.90. The molecule has 0 radical (unpaired) electrons. The number of rotatable bonds is 1. The first kappa shape index (κ1) is 12.1. The minimum Gasteiger partial charge on any atom is -0.468 e. The number of halogens is 1. The fraction of sp³-hybridized carbons (Fsp3) is 0.462. The molecule has 0 amide bonds. The van der Waals surface area contributed by atoms with Crippen LogP contribution in [0.25, 0.3) is 0 Å². The fourth-order valence-corrected chi connectivity index (χ4v) is 3.11. The highest BCUT2D eigenvalue weighted by Crippen LogP contribution is 2.43. The van der Waals surface area contributed by atoms with Crippen molar-refractivity contribution in [3.8, 4) is 5.75 Å². The second kappa shape index (κ2) is 4.00. The van der Waals surface area contributed by atoms with Crippen molar-refractivity contribution >= 4 is 28.9 Å². The maximum atomic E-state index is 6.13. The lowest BCUT2D eigenvalue weighted by Gasteiger charge is -2.50. The Morgan fingerprint density at radius 1 is 1.61 bits per heavy atom. The van der Waals surface area contributed by atoms with Crippen LogP contribution in [0.1, 0.15) is 30.5 Å². The number of hydrogen-bond donors (Lipinski definition) is 1. The molecule has 2 atom stereocenters. The highest BCUT2D eigenvalue weighted by Gasteiger charge is 2.45. The van der Waals surface area contributed by atoms with E-state index in [1.165, 1.54) is 0 Å². The van der Waals surface area contributed by atoms with Gasteiger partial charge in [-0.15, -0.1) is 11.6 Å². The summed E-state index contributed by atoms with van der Waals surface area (Å²) < 4.78 is 6.13. The van der Waals surface area contributed by atoms with Gasteiger partial charge >= 0.3 is 0 Å². The van der Waals surface area contributed by atoms with Gasteiger partial charge in [-0.25, -0.2) is 0 Å². The van der Waals surface area contributed by atoms with Crippen LogP contribution in [-0.2, 0) is 5.88 Å². The maximum absolute atomic E-state index is 6.13. The lowest BCUT2D eigenvalue weighted by molar-refractivity contribution is -0.0562. The highest BCUT2D eigenvalue weighted by molar-refractivity contribution is 7.80. The SMILES string of the molecule is CN1C(=S)NC2CC1(C)Oc1ccc(CCl)cc12. The molecule has 3 nitrogen and oxygen atoms in total. The average Bonchev–Trinajstić information content (AvgIpc) is 2.36. The smallest absolute Gasteiger partial charge is 0.183 e. The van der Waals surface area contributed by atoms with Crippen molar-refractivity contribution in [2.45, 2.75) is 31.0 Å². The van der Waals surface area contributed by atoms with E-state index in [9.17, 15) is 0 Å². The lowest BCUT2D eigenvalue weighted by Crippen LogP contribution is -2.63. The summed E-state index contributed by atoms with van der Waals surface area (Å²) in [6.45, 7) is 2.07. The molecule has 1 saturated heterocycles. The summed E-state index contributed by atoms with van der Waals surface area (Å²) in [4.78, 5) is 1.98. The van der Waals surface area contributed by atoms with Gasteiger partial charge < -0.3 is 15.0 Å². The van der Waals surface area contributed by atoms with Gasteiger partial charge in [-0.05, 0) is 36.8 Å². The molecule has 2 aliphatic rings. The summed E-state index contributed by atoms with van der Waals surface area (Å²) in [5, 5.41) is 4.10. The van der Waals surface area contributed by atoms with Gasteiger partial charge in [-0.1, -0.05) is 6.07 Å². The molecule has 0 saturated carbocycles. The number of alkyl halides is 1. The maximum Gasteiger partial charge on any atom is 0.183 e. The molecular weight excluding hydrogens is 268 g/mol. The molecule has 96 valence electrons. The summed E-state index contributed by atoms with van der Waals surface area (Å²) in [5.74, 6) is 1.44. The number of ether oxygens (including phenoxy) is 1. The Morgan fingerprint density at radius 2 is 2.39 bits per heavy atom. The van der Waals surface area contributed by atoms with E-state index in [0.29, 0.717) is 5.88 Å². The predicted octanol–water partition coefficient (Wildman–Crippen LogP) is 2.79. The minimum atomic E-state index is -0.359. The summed E-state index contributed by atoms with van der Waals surface area (Å²) in [6.07, 6.45) is 0.877. The van der Waals surface area contributed by atoms with Crippen LogP contribution in [-0.4, -0.2) is 22.8 Å². The Labute approximate surface area is 117 Å². The lowest BCUT2D eigenvalue weighted by atomic mass is 9.90. The van der Waals surface area contributed by atoms with Crippen molar-refractivity contribution in [3.63, 3.8) is 0 Å². The number of fused-ring (bicyclic) bond motifs is 4. The van der Waals surface area contributed by atoms with Crippen molar-refractivity contribution < 1.29 is 4.74 Å². The second-order valence-corrected chi connectivity index (χ2v) is 5.70. The van der Waals surface area contributed by atoms with Crippen LogP contribution >= 0.6 is 23.8 Å². The molecule has 2 bridgehead atoms. The van der Waals surface area contributed by atoms with E-state index in [4.69, 9.17) is 28.6 Å². The average molecular weight is 283 g/mol. The van der Waals surface area contributed by atoms with Crippen LogP contribution in [0, 0.1) is 0 Å². The highest BCUT2D eigenvalue weighted by atomic mass is 35.5. The van der Waals surface area contributed by atoms with Crippen LogP contribution in [0.2, 0.25) is 0 Å². The predicted molar refractivity (Wildman–Crippen MR) is 75.9 cm³/mol. The normalized spacial score (nSPS) is 29.4. The van der Waals surface area contributed by atoms with Crippen LogP contribution in [0.3, 0.4) is 0 Å². The van der Waals surface area contributed by atoms with E-state index in [1.807, 2.05) is 24.1 Å². The van der Waals surface area contributed by atoms with Crippen molar-refractivity contribution in [2.75, 3.05) is 7.05 Å². The van der Waals surface area contributed by atoms with Gasteiger partial charge in [-0.2, -0.15) is 0 Å². The zero-order valence-corrected chi connectivity index (χ0v) is 11.9. The van der Waals surface area contributed by atoms with Gasteiger partial charge in [0.15, 0.2) is 10.8 Å². The Kier molecular flexibility index (Phi) is 2.68. The van der Waals surface area contributed by atoms with E-state index in [0.717, 1.165) is 28.4 Å². The summed E-state index contributed by atoms with van der Waals surface area (Å²) in [5.41, 5.74) is 1.90. The van der Waals surface area contributed by atoms with E-state index in [1.54, 1.807) is 0 Å². The van der Waals surface area contributed by atoms with Gasteiger partial charge in [0.05, 0.1) is 6.04 Å². The second-order valence-electron chi connectivity index (χ2n) is 5.05. The van der Waals surface area contributed by atoms with Gasteiger partial charge in [0, 0.05) is 24.9 Å². The molecule has 1 aromatic rings. The van der Waals surface area contributed by atoms with Crippen molar-refractivity contribution in [3.05, 3.63) is 29.3 Å². The number of nitrogens with zero attached hydrogens (tertiary/aromatic N) is 1. The molecule has 0 spiro atoms. The molecule has 1 aromatic carbocycles. The Morgan fingerprint density at radius 3 is 3.11 bits per heavy atom. The number of hydrogen-bond acceptors (Lipinski definition) is 2. The minimum absolute atomic E-state index is 0.214. The topological polar surface area (TPSA) is 24.5 Å². The zero-order valence-electron chi connectivity index (χ0n) is 10.4. The first-order valence-electron chi connectivity index (χ1n) is 5.95. The van der Waals surface area contributed by atoms with Crippen molar-refractivity contribution in [1.29, 1.82) is 0 Å².